The van der Waals surface area contributed by atoms with Crippen LogP contribution in [0.15, 0.2) is 11.6 Å². The third-order valence-corrected chi connectivity index (χ3v) is 5.30. The van der Waals surface area contributed by atoms with E-state index in [0.29, 0.717) is 11.8 Å². The van der Waals surface area contributed by atoms with Crippen molar-refractivity contribution in [3.8, 4) is 0 Å². The zero-order valence-electron chi connectivity index (χ0n) is 11.2. The van der Waals surface area contributed by atoms with Crippen LogP contribution in [0.5, 0.6) is 0 Å². The van der Waals surface area contributed by atoms with Crippen LogP contribution in [0.3, 0.4) is 0 Å². The predicted molar refractivity (Wildman–Crippen MR) is 68.2 cm³/mol. The molecule has 0 aromatic rings. The van der Waals surface area contributed by atoms with Crippen molar-refractivity contribution in [2.75, 3.05) is 0 Å². The van der Waals surface area contributed by atoms with Gasteiger partial charge in [0.05, 0.1) is 5.60 Å². The molecule has 2 aliphatic rings. The summed E-state index contributed by atoms with van der Waals surface area (Å²) < 4.78 is 0. The van der Waals surface area contributed by atoms with Crippen LogP contribution in [0.4, 0.5) is 0 Å². The molecule has 3 unspecified atom stereocenters. The molecule has 1 heteroatoms. The van der Waals surface area contributed by atoms with Gasteiger partial charge >= 0.3 is 0 Å². The maximum atomic E-state index is 11.2. The highest BCUT2D eigenvalue weighted by Gasteiger charge is 2.56. The molecule has 1 nitrogen and oxygen atoms in total. The first-order chi connectivity index (χ1) is 7.39. The Morgan fingerprint density at radius 3 is 2.69 bits per heavy atom. The van der Waals surface area contributed by atoms with Gasteiger partial charge in [-0.25, -0.2) is 0 Å². The van der Waals surface area contributed by atoms with Crippen molar-refractivity contribution in [1.82, 2.24) is 0 Å². The average molecular weight is 222 g/mol. The van der Waals surface area contributed by atoms with Crippen LogP contribution in [0.25, 0.3) is 0 Å². The summed E-state index contributed by atoms with van der Waals surface area (Å²) in [5, 5.41) is 11.2. The number of rotatable bonds is 1. The third kappa shape index (κ3) is 1.64. The van der Waals surface area contributed by atoms with E-state index in [4.69, 9.17) is 0 Å². The highest BCUT2D eigenvalue weighted by molar-refractivity contribution is 5.16. The smallest absolute Gasteiger partial charge is 0.0765 e. The third-order valence-electron chi connectivity index (χ3n) is 5.30. The molecule has 3 atom stereocenters. The molecule has 1 N–H and O–H groups in total. The summed E-state index contributed by atoms with van der Waals surface area (Å²) in [6.07, 6.45) is 7.90. The van der Waals surface area contributed by atoms with Gasteiger partial charge in [-0.15, -0.1) is 0 Å². The first-order valence-electron chi connectivity index (χ1n) is 6.77. The zero-order valence-corrected chi connectivity index (χ0v) is 11.2. The summed E-state index contributed by atoms with van der Waals surface area (Å²) in [5.41, 5.74) is 1.17. The van der Waals surface area contributed by atoms with E-state index in [0.717, 1.165) is 12.8 Å². The molecule has 0 bridgehead atoms. The molecule has 1 fully saturated rings. The van der Waals surface area contributed by atoms with E-state index in [9.17, 15) is 5.11 Å². The monoisotopic (exact) mass is 222 g/mol. The average Bonchev–Trinajstić information content (AvgIpc) is 2.41. The van der Waals surface area contributed by atoms with Crippen LogP contribution in [-0.4, -0.2) is 10.7 Å². The van der Waals surface area contributed by atoms with Gasteiger partial charge in [0.15, 0.2) is 0 Å². The minimum absolute atomic E-state index is 0.149. The second kappa shape index (κ2) is 3.87. The highest BCUT2D eigenvalue weighted by atomic mass is 16.3. The number of allylic oxidation sites excluding steroid dienone is 1. The Morgan fingerprint density at radius 2 is 2.06 bits per heavy atom. The molecule has 0 amide bonds. The minimum Gasteiger partial charge on any atom is -0.389 e. The Hall–Kier alpha value is -0.300. The van der Waals surface area contributed by atoms with Gasteiger partial charge in [0.1, 0.15) is 0 Å². The normalized spacial score (nSPS) is 44.1. The van der Waals surface area contributed by atoms with Crippen molar-refractivity contribution >= 4 is 0 Å². The molecule has 0 radical (unpaired) electrons. The van der Waals surface area contributed by atoms with Crippen LogP contribution in [-0.2, 0) is 0 Å². The highest BCUT2D eigenvalue weighted by Crippen LogP contribution is 2.57. The number of hydrogen-bond acceptors (Lipinski definition) is 1. The largest absolute Gasteiger partial charge is 0.389 e. The Kier molecular flexibility index (Phi) is 2.94. The molecule has 0 heterocycles. The lowest BCUT2D eigenvalue weighted by atomic mass is 9.67. The molecule has 0 aromatic carbocycles. The van der Waals surface area contributed by atoms with Gasteiger partial charge in [-0.2, -0.15) is 0 Å². The maximum absolute atomic E-state index is 11.2. The van der Waals surface area contributed by atoms with Crippen molar-refractivity contribution in [1.29, 1.82) is 0 Å². The first kappa shape index (κ1) is 12.2. The van der Waals surface area contributed by atoms with Crippen molar-refractivity contribution < 1.29 is 5.11 Å². The second-order valence-electron chi connectivity index (χ2n) is 6.63. The molecule has 0 aromatic heterocycles. The van der Waals surface area contributed by atoms with Gasteiger partial charge in [-0.1, -0.05) is 32.4 Å². The van der Waals surface area contributed by atoms with E-state index >= 15 is 0 Å². The topological polar surface area (TPSA) is 20.2 Å². The fourth-order valence-corrected chi connectivity index (χ4v) is 3.91. The molecular weight excluding hydrogens is 196 g/mol. The molecule has 0 aliphatic heterocycles. The van der Waals surface area contributed by atoms with Crippen molar-refractivity contribution in [2.45, 2.75) is 65.4 Å². The second-order valence-corrected chi connectivity index (χ2v) is 6.63. The van der Waals surface area contributed by atoms with Crippen LogP contribution in [0.2, 0.25) is 0 Å². The summed E-state index contributed by atoms with van der Waals surface area (Å²) in [6.45, 7) is 9.03. The lowest BCUT2D eigenvalue weighted by molar-refractivity contribution is -0.0935. The van der Waals surface area contributed by atoms with E-state index in [1.165, 1.54) is 24.8 Å². The van der Waals surface area contributed by atoms with E-state index < -0.39 is 5.60 Å². The van der Waals surface area contributed by atoms with Gasteiger partial charge in [-0.05, 0) is 56.3 Å². The Bertz CT molecular complexity index is 305. The van der Waals surface area contributed by atoms with E-state index in [1.807, 2.05) is 0 Å². The van der Waals surface area contributed by atoms with Crippen molar-refractivity contribution in [3.63, 3.8) is 0 Å². The quantitative estimate of drug-likeness (QED) is 0.667. The molecule has 1 saturated carbocycles. The molecule has 16 heavy (non-hydrogen) atoms. The Labute approximate surface area is 99.9 Å². The fraction of sp³-hybridized carbons (Fsp3) is 0.867. The Morgan fingerprint density at radius 1 is 1.38 bits per heavy atom. The number of aliphatic hydroxyl groups is 1. The Balaban J connectivity index is 2.34. The number of hydrogen-bond donors (Lipinski definition) is 1. The standard InChI is InChI=1S/C15H26O/c1-11(2)13-7-9-14(4)8-5-12(3)6-10-15(13,14)16/h6,11,13,16H,5,7-10H2,1-4H3. The lowest BCUT2D eigenvalue weighted by Crippen LogP contribution is -2.47. The summed E-state index contributed by atoms with van der Waals surface area (Å²) in [7, 11) is 0. The van der Waals surface area contributed by atoms with Crippen molar-refractivity contribution in [3.05, 3.63) is 11.6 Å². The van der Waals surface area contributed by atoms with Gasteiger partial charge in [0, 0.05) is 0 Å². The van der Waals surface area contributed by atoms with Gasteiger partial charge < -0.3 is 5.11 Å². The van der Waals surface area contributed by atoms with E-state index in [2.05, 4.69) is 33.8 Å². The summed E-state index contributed by atoms with van der Waals surface area (Å²) in [4.78, 5) is 0. The van der Waals surface area contributed by atoms with Gasteiger partial charge in [0.25, 0.3) is 0 Å². The molecule has 0 saturated heterocycles. The summed E-state index contributed by atoms with van der Waals surface area (Å²) in [5.74, 6) is 1.08. The van der Waals surface area contributed by atoms with E-state index in [-0.39, 0.29) is 5.41 Å². The van der Waals surface area contributed by atoms with Crippen LogP contribution < -0.4 is 0 Å². The molecule has 2 aliphatic carbocycles. The van der Waals surface area contributed by atoms with Gasteiger partial charge in [0.2, 0.25) is 0 Å². The fourth-order valence-electron chi connectivity index (χ4n) is 3.91. The molecular formula is C15H26O. The van der Waals surface area contributed by atoms with Crippen LogP contribution >= 0.6 is 0 Å². The van der Waals surface area contributed by atoms with Gasteiger partial charge in [-0.3, -0.25) is 0 Å². The van der Waals surface area contributed by atoms with E-state index in [1.54, 1.807) is 0 Å². The minimum atomic E-state index is -0.446. The van der Waals surface area contributed by atoms with Crippen LogP contribution in [0, 0.1) is 17.3 Å². The predicted octanol–water partition coefficient (Wildman–Crippen LogP) is 3.92. The number of fused-ring (bicyclic) bond motifs is 1. The lowest BCUT2D eigenvalue weighted by Gasteiger charge is -2.43. The van der Waals surface area contributed by atoms with Crippen LogP contribution in [0.1, 0.15) is 59.8 Å². The van der Waals surface area contributed by atoms with Crippen molar-refractivity contribution in [2.24, 2.45) is 17.3 Å². The molecule has 92 valence electrons. The molecule has 2 rings (SSSR count). The summed E-state index contributed by atoms with van der Waals surface area (Å²) in [6, 6.07) is 0. The maximum Gasteiger partial charge on any atom is 0.0765 e. The SMILES string of the molecule is CC1=CCC2(O)C(C(C)C)CCC2(C)CC1. The summed E-state index contributed by atoms with van der Waals surface area (Å²) >= 11 is 0. The first-order valence-corrected chi connectivity index (χ1v) is 6.77. The zero-order chi connectivity index (χ0) is 12.0. The molecule has 0 spiro atoms.